The van der Waals surface area contributed by atoms with Gasteiger partial charge in [0.1, 0.15) is 0 Å². The van der Waals surface area contributed by atoms with Crippen molar-refractivity contribution in [2.24, 2.45) is 5.73 Å². The van der Waals surface area contributed by atoms with Crippen LogP contribution >= 0.6 is 0 Å². The molecule has 0 amide bonds. The minimum absolute atomic E-state index is 0.131. The van der Waals surface area contributed by atoms with Crippen molar-refractivity contribution in [1.82, 2.24) is 0 Å². The number of phenolic OH excluding ortho intramolecular Hbond substituents is 1. The van der Waals surface area contributed by atoms with Gasteiger partial charge in [-0.3, -0.25) is 0 Å². The zero-order valence-electron chi connectivity index (χ0n) is 10.8. The number of hydrogen-bond donors (Lipinski definition) is 2. The topological polar surface area (TPSA) is 55.5 Å². The van der Waals surface area contributed by atoms with Crippen molar-refractivity contribution in [2.75, 3.05) is 7.11 Å². The number of aromatic hydroxyl groups is 1. The third-order valence-corrected chi connectivity index (χ3v) is 2.88. The summed E-state index contributed by atoms with van der Waals surface area (Å²) in [5.74, 6) is 0.586. The maximum Gasteiger partial charge on any atom is 0.161 e. The summed E-state index contributed by atoms with van der Waals surface area (Å²) in [4.78, 5) is 0. The molecule has 3 nitrogen and oxygen atoms in total. The summed E-state index contributed by atoms with van der Waals surface area (Å²) in [5.41, 5.74) is 8.07. The van der Waals surface area contributed by atoms with Crippen LogP contribution in [0.5, 0.6) is 11.5 Å². The van der Waals surface area contributed by atoms with Crippen molar-refractivity contribution in [3.8, 4) is 11.5 Å². The fourth-order valence-electron chi connectivity index (χ4n) is 1.80. The van der Waals surface area contributed by atoms with Gasteiger partial charge in [0.25, 0.3) is 0 Å². The zero-order valence-corrected chi connectivity index (χ0v) is 10.8. The average Bonchev–Trinajstić information content (AvgIpc) is 2.47. The van der Waals surface area contributed by atoms with Gasteiger partial charge in [-0.2, -0.15) is 0 Å². The predicted octanol–water partition coefficient (Wildman–Crippen LogP) is 3.11. The first-order valence-electron chi connectivity index (χ1n) is 6.06. The largest absolute Gasteiger partial charge is 0.504 e. The lowest BCUT2D eigenvalue weighted by atomic mass is 10.1. The van der Waals surface area contributed by atoms with Gasteiger partial charge in [-0.1, -0.05) is 48.6 Å². The van der Waals surface area contributed by atoms with E-state index in [0.29, 0.717) is 5.75 Å². The van der Waals surface area contributed by atoms with Crippen LogP contribution in [0.3, 0.4) is 0 Å². The number of rotatable bonds is 4. The standard InChI is InChI=1S/C16H17NO2/c1-19-16-11-12(8-10-15(16)18)7-9-14(17)13-5-3-2-4-6-13/h2-11,14,18H,17H2,1H3. The van der Waals surface area contributed by atoms with Crippen LogP contribution in [0.4, 0.5) is 0 Å². The zero-order chi connectivity index (χ0) is 13.7. The highest BCUT2D eigenvalue weighted by atomic mass is 16.5. The van der Waals surface area contributed by atoms with E-state index in [9.17, 15) is 5.11 Å². The highest BCUT2D eigenvalue weighted by Crippen LogP contribution is 2.27. The fourth-order valence-corrected chi connectivity index (χ4v) is 1.80. The first-order valence-corrected chi connectivity index (χ1v) is 6.06. The van der Waals surface area contributed by atoms with Gasteiger partial charge in [0.05, 0.1) is 7.11 Å². The average molecular weight is 255 g/mol. The van der Waals surface area contributed by atoms with Crippen LogP contribution in [0.1, 0.15) is 17.2 Å². The van der Waals surface area contributed by atoms with Crippen LogP contribution in [0, 0.1) is 0 Å². The second-order valence-corrected chi connectivity index (χ2v) is 4.23. The molecule has 0 aliphatic carbocycles. The smallest absolute Gasteiger partial charge is 0.161 e. The number of methoxy groups -OCH3 is 1. The van der Waals surface area contributed by atoms with Gasteiger partial charge in [0.2, 0.25) is 0 Å². The van der Waals surface area contributed by atoms with Gasteiger partial charge in [-0.25, -0.2) is 0 Å². The highest BCUT2D eigenvalue weighted by molar-refractivity contribution is 5.56. The van der Waals surface area contributed by atoms with Crippen molar-refractivity contribution >= 4 is 6.08 Å². The Morgan fingerprint density at radius 1 is 1.16 bits per heavy atom. The highest BCUT2D eigenvalue weighted by Gasteiger charge is 2.02. The minimum Gasteiger partial charge on any atom is -0.504 e. The van der Waals surface area contributed by atoms with E-state index >= 15 is 0 Å². The van der Waals surface area contributed by atoms with E-state index in [4.69, 9.17) is 10.5 Å². The molecule has 0 saturated heterocycles. The molecule has 0 aliphatic rings. The first-order chi connectivity index (χ1) is 9.20. The molecule has 3 heteroatoms. The van der Waals surface area contributed by atoms with Crippen molar-refractivity contribution < 1.29 is 9.84 Å². The van der Waals surface area contributed by atoms with Crippen molar-refractivity contribution in [1.29, 1.82) is 0 Å². The van der Waals surface area contributed by atoms with E-state index in [1.807, 2.05) is 48.6 Å². The van der Waals surface area contributed by atoms with Gasteiger partial charge >= 0.3 is 0 Å². The van der Waals surface area contributed by atoms with E-state index in [-0.39, 0.29) is 11.8 Å². The Morgan fingerprint density at radius 3 is 2.58 bits per heavy atom. The summed E-state index contributed by atoms with van der Waals surface area (Å²) >= 11 is 0. The molecule has 1 atom stereocenters. The third kappa shape index (κ3) is 3.36. The van der Waals surface area contributed by atoms with Crippen molar-refractivity contribution in [2.45, 2.75) is 6.04 Å². The Hall–Kier alpha value is -2.26. The van der Waals surface area contributed by atoms with E-state index in [1.54, 1.807) is 12.1 Å². The van der Waals surface area contributed by atoms with E-state index in [1.165, 1.54) is 7.11 Å². The SMILES string of the molecule is COc1cc(C=CC(N)c2ccccc2)ccc1O. The lowest BCUT2D eigenvalue weighted by Crippen LogP contribution is -2.06. The monoisotopic (exact) mass is 255 g/mol. The Morgan fingerprint density at radius 2 is 1.89 bits per heavy atom. The number of ether oxygens (including phenoxy) is 1. The molecule has 0 spiro atoms. The second kappa shape index (κ2) is 6.07. The molecule has 0 saturated carbocycles. The maximum absolute atomic E-state index is 9.52. The summed E-state index contributed by atoms with van der Waals surface area (Å²) in [6.45, 7) is 0. The van der Waals surface area contributed by atoms with Crippen molar-refractivity contribution in [3.05, 3.63) is 65.7 Å². The second-order valence-electron chi connectivity index (χ2n) is 4.23. The van der Waals surface area contributed by atoms with Crippen LogP contribution in [0.2, 0.25) is 0 Å². The maximum atomic E-state index is 9.52. The molecule has 98 valence electrons. The summed E-state index contributed by atoms with van der Waals surface area (Å²) in [6.07, 6.45) is 3.83. The molecule has 0 bridgehead atoms. The Kier molecular flexibility index (Phi) is 4.21. The lowest BCUT2D eigenvalue weighted by Gasteiger charge is -2.07. The molecule has 0 aromatic heterocycles. The Balaban J connectivity index is 2.14. The van der Waals surface area contributed by atoms with Crippen molar-refractivity contribution in [3.63, 3.8) is 0 Å². The third-order valence-electron chi connectivity index (χ3n) is 2.88. The fraction of sp³-hybridized carbons (Fsp3) is 0.125. The molecular formula is C16H17NO2. The molecule has 0 radical (unpaired) electrons. The van der Waals surface area contributed by atoms with Gasteiger partial charge in [0.15, 0.2) is 11.5 Å². The van der Waals surface area contributed by atoms with Gasteiger partial charge in [-0.15, -0.1) is 0 Å². The first kappa shape index (κ1) is 13.2. The van der Waals surface area contributed by atoms with E-state index in [0.717, 1.165) is 11.1 Å². The lowest BCUT2D eigenvalue weighted by molar-refractivity contribution is 0.373. The van der Waals surface area contributed by atoms with Gasteiger partial charge < -0.3 is 15.6 Å². The van der Waals surface area contributed by atoms with Crippen LogP contribution in [0.25, 0.3) is 6.08 Å². The number of hydrogen-bond acceptors (Lipinski definition) is 3. The minimum atomic E-state index is -0.152. The molecule has 2 aromatic rings. The quantitative estimate of drug-likeness (QED) is 0.882. The van der Waals surface area contributed by atoms with E-state index < -0.39 is 0 Å². The van der Waals surface area contributed by atoms with Crippen LogP contribution < -0.4 is 10.5 Å². The summed E-state index contributed by atoms with van der Waals surface area (Å²) in [5, 5.41) is 9.52. The number of nitrogens with two attached hydrogens (primary N) is 1. The molecular weight excluding hydrogens is 238 g/mol. The summed E-state index contributed by atoms with van der Waals surface area (Å²) in [7, 11) is 1.53. The molecule has 19 heavy (non-hydrogen) atoms. The molecule has 1 unspecified atom stereocenters. The number of phenols is 1. The molecule has 2 rings (SSSR count). The van der Waals surface area contributed by atoms with Gasteiger partial charge in [0, 0.05) is 6.04 Å². The molecule has 3 N–H and O–H groups in total. The van der Waals surface area contributed by atoms with Crippen LogP contribution in [0.15, 0.2) is 54.6 Å². The summed E-state index contributed by atoms with van der Waals surface area (Å²) in [6, 6.07) is 14.9. The van der Waals surface area contributed by atoms with Gasteiger partial charge in [-0.05, 0) is 23.3 Å². The Bertz CT molecular complexity index is 564. The number of benzene rings is 2. The molecule has 0 heterocycles. The molecule has 0 fully saturated rings. The van der Waals surface area contributed by atoms with Crippen LogP contribution in [-0.2, 0) is 0 Å². The molecule has 0 aliphatic heterocycles. The predicted molar refractivity (Wildman–Crippen MR) is 77.1 cm³/mol. The Labute approximate surface area is 113 Å². The summed E-state index contributed by atoms with van der Waals surface area (Å²) < 4.78 is 5.06. The van der Waals surface area contributed by atoms with E-state index in [2.05, 4.69) is 0 Å². The molecule has 2 aromatic carbocycles. The normalized spacial score (nSPS) is 12.5. The van der Waals surface area contributed by atoms with Crippen LogP contribution in [-0.4, -0.2) is 12.2 Å².